The number of nitrogens with one attached hydrogen (secondary N) is 2. The highest BCUT2D eigenvalue weighted by atomic mass is 35.5. The molecule has 0 spiro atoms. The Morgan fingerprint density at radius 2 is 2.31 bits per heavy atom. The lowest BCUT2D eigenvalue weighted by molar-refractivity contribution is 0.0910. The predicted octanol–water partition coefficient (Wildman–Crippen LogP) is 1.41. The van der Waals surface area contributed by atoms with E-state index in [1.54, 1.807) is 0 Å². The van der Waals surface area contributed by atoms with Crippen LogP contribution in [0.2, 0.25) is 0 Å². The van der Waals surface area contributed by atoms with Crippen LogP contribution in [-0.4, -0.2) is 25.0 Å². The van der Waals surface area contributed by atoms with Crippen LogP contribution in [0, 0.1) is 13.8 Å². The van der Waals surface area contributed by atoms with Crippen LogP contribution < -0.4 is 10.6 Å². The van der Waals surface area contributed by atoms with Crippen LogP contribution in [0.5, 0.6) is 0 Å². The molecule has 4 nitrogen and oxygen atoms in total. The van der Waals surface area contributed by atoms with Gasteiger partial charge in [0.15, 0.2) is 5.76 Å². The smallest absolute Gasteiger partial charge is 0.287 e. The van der Waals surface area contributed by atoms with Gasteiger partial charge in [0.1, 0.15) is 5.76 Å². The summed E-state index contributed by atoms with van der Waals surface area (Å²) in [6, 6.07) is 2.12. The molecule has 0 bridgehead atoms. The molecule has 2 N–H and O–H groups in total. The average molecular weight is 245 g/mol. The van der Waals surface area contributed by atoms with Crippen molar-refractivity contribution in [2.75, 3.05) is 13.1 Å². The van der Waals surface area contributed by atoms with E-state index in [1.807, 2.05) is 19.9 Å². The Morgan fingerprint density at radius 3 is 2.81 bits per heavy atom. The van der Waals surface area contributed by atoms with Crippen LogP contribution >= 0.6 is 12.4 Å². The topological polar surface area (TPSA) is 54.3 Å². The molecule has 0 aliphatic carbocycles. The highest BCUT2D eigenvalue weighted by Gasteiger charge is 2.20. The first-order chi connectivity index (χ1) is 7.16. The van der Waals surface area contributed by atoms with Crippen molar-refractivity contribution in [1.82, 2.24) is 10.6 Å². The van der Waals surface area contributed by atoms with Gasteiger partial charge in [0.25, 0.3) is 5.91 Å². The third kappa shape index (κ3) is 2.77. The van der Waals surface area contributed by atoms with Gasteiger partial charge in [-0.25, -0.2) is 0 Å². The molecule has 0 saturated carbocycles. The van der Waals surface area contributed by atoms with Crippen molar-refractivity contribution in [2.24, 2.45) is 0 Å². The molecule has 90 valence electrons. The van der Waals surface area contributed by atoms with E-state index in [4.69, 9.17) is 4.42 Å². The van der Waals surface area contributed by atoms with Crippen LogP contribution in [0.25, 0.3) is 0 Å². The second kappa shape index (κ2) is 5.37. The molecule has 1 atom stereocenters. The predicted molar refractivity (Wildman–Crippen MR) is 64.2 cm³/mol. The molecular formula is C11H17ClN2O2. The summed E-state index contributed by atoms with van der Waals surface area (Å²) in [6.45, 7) is 5.56. The molecular weight excluding hydrogens is 228 g/mol. The molecule has 2 rings (SSSR count). The van der Waals surface area contributed by atoms with Gasteiger partial charge in [-0.2, -0.15) is 0 Å². The molecule has 16 heavy (non-hydrogen) atoms. The SMILES string of the molecule is Cc1cc(C)c(C(=O)NC2CCNC2)o1.Cl. The first-order valence-corrected chi connectivity index (χ1v) is 5.25. The molecule has 1 unspecified atom stereocenters. The Bertz CT molecular complexity index is 370. The normalized spacial score (nSPS) is 19.2. The summed E-state index contributed by atoms with van der Waals surface area (Å²) in [4.78, 5) is 11.8. The van der Waals surface area contributed by atoms with Gasteiger partial charge in [-0.1, -0.05) is 0 Å². The van der Waals surface area contributed by atoms with E-state index in [9.17, 15) is 4.79 Å². The lowest BCUT2D eigenvalue weighted by atomic mass is 10.2. The Morgan fingerprint density at radius 1 is 1.56 bits per heavy atom. The number of hydrogen-bond acceptors (Lipinski definition) is 3. The zero-order chi connectivity index (χ0) is 10.8. The van der Waals surface area contributed by atoms with Crippen molar-refractivity contribution in [3.63, 3.8) is 0 Å². The lowest BCUT2D eigenvalue weighted by Crippen LogP contribution is -2.36. The lowest BCUT2D eigenvalue weighted by Gasteiger charge is -2.09. The third-order valence-corrected chi connectivity index (χ3v) is 2.64. The van der Waals surface area contributed by atoms with Gasteiger partial charge >= 0.3 is 0 Å². The van der Waals surface area contributed by atoms with Gasteiger partial charge in [-0.15, -0.1) is 12.4 Å². The summed E-state index contributed by atoms with van der Waals surface area (Å²) in [7, 11) is 0. The Labute approximate surface area is 101 Å². The Hall–Kier alpha value is -1.00. The highest BCUT2D eigenvalue weighted by molar-refractivity contribution is 5.93. The number of halogens is 1. The van der Waals surface area contributed by atoms with Crippen molar-refractivity contribution in [3.8, 4) is 0 Å². The molecule has 1 aliphatic heterocycles. The van der Waals surface area contributed by atoms with E-state index < -0.39 is 0 Å². The largest absolute Gasteiger partial charge is 0.456 e. The van der Waals surface area contributed by atoms with Crippen LogP contribution in [0.3, 0.4) is 0 Å². The van der Waals surface area contributed by atoms with E-state index in [0.29, 0.717) is 5.76 Å². The fourth-order valence-electron chi connectivity index (χ4n) is 1.90. The molecule has 5 heteroatoms. The molecule has 1 aromatic heterocycles. The fourth-order valence-corrected chi connectivity index (χ4v) is 1.90. The second-order valence-corrected chi connectivity index (χ2v) is 4.03. The standard InChI is InChI=1S/C11H16N2O2.ClH/c1-7-5-8(2)15-10(7)11(14)13-9-3-4-12-6-9;/h5,9,12H,3-4,6H2,1-2H3,(H,13,14);1H. The maximum Gasteiger partial charge on any atom is 0.287 e. The summed E-state index contributed by atoms with van der Waals surface area (Å²) in [6.07, 6.45) is 0.991. The fraction of sp³-hybridized carbons (Fsp3) is 0.545. The zero-order valence-electron chi connectivity index (χ0n) is 9.50. The minimum Gasteiger partial charge on any atom is -0.456 e. The number of furan rings is 1. The maximum absolute atomic E-state index is 11.8. The summed E-state index contributed by atoms with van der Waals surface area (Å²) < 4.78 is 5.35. The number of aryl methyl sites for hydroxylation is 2. The van der Waals surface area contributed by atoms with Crippen molar-refractivity contribution in [1.29, 1.82) is 0 Å². The molecule has 1 aromatic rings. The van der Waals surface area contributed by atoms with Gasteiger partial charge in [0.05, 0.1) is 0 Å². The van der Waals surface area contributed by atoms with Crippen molar-refractivity contribution >= 4 is 18.3 Å². The van der Waals surface area contributed by atoms with E-state index in [-0.39, 0.29) is 24.4 Å². The van der Waals surface area contributed by atoms with Crippen molar-refractivity contribution < 1.29 is 9.21 Å². The number of carbonyl (C=O) groups excluding carboxylic acids is 1. The van der Waals surface area contributed by atoms with Crippen LogP contribution in [0.1, 0.15) is 28.3 Å². The molecule has 2 heterocycles. The summed E-state index contributed by atoms with van der Waals surface area (Å²) in [5.74, 6) is 1.12. The highest BCUT2D eigenvalue weighted by Crippen LogP contribution is 2.13. The maximum atomic E-state index is 11.8. The van der Waals surface area contributed by atoms with E-state index in [2.05, 4.69) is 10.6 Å². The molecule has 0 aromatic carbocycles. The second-order valence-electron chi connectivity index (χ2n) is 4.03. The number of amides is 1. The first-order valence-electron chi connectivity index (χ1n) is 5.25. The first kappa shape index (κ1) is 13.1. The van der Waals surface area contributed by atoms with Gasteiger partial charge in [0, 0.05) is 18.2 Å². The minimum absolute atomic E-state index is 0. The summed E-state index contributed by atoms with van der Waals surface area (Å²) in [5.41, 5.74) is 0.899. The third-order valence-electron chi connectivity index (χ3n) is 2.64. The molecule has 1 fully saturated rings. The van der Waals surface area contributed by atoms with E-state index >= 15 is 0 Å². The molecule has 0 radical (unpaired) electrons. The van der Waals surface area contributed by atoms with Gasteiger partial charge < -0.3 is 15.1 Å². The average Bonchev–Trinajstić information content (AvgIpc) is 2.75. The zero-order valence-corrected chi connectivity index (χ0v) is 10.3. The van der Waals surface area contributed by atoms with Crippen LogP contribution in [-0.2, 0) is 0 Å². The number of rotatable bonds is 2. The van der Waals surface area contributed by atoms with Crippen LogP contribution in [0.15, 0.2) is 10.5 Å². The Kier molecular flexibility index (Phi) is 4.38. The van der Waals surface area contributed by atoms with E-state index in [0.717, 1.165) is 30.8 Å². The van der Waals surface area contributed by atoms with Gasteiger partial charge in [-0.05, 0) is 32.9 Å². The number of carbonyl (C=O) groups is 1. The van der Waals surface area contributed by atoms with Crippen molar-refractivity contribution in [3.05, 3.63) is 23.2 Å². The van der Waals surface area contributed by atoms with Gasteiger partial charge in [-0.3, -0.25) is 4.79 Å². The Balaban J connectivity index is 0.00000128. The van der Waals surface area contributed by atoms with Crippen molar-refractivity contribution in [2.45, 2.75) is 26.3 Å². The monoisotopic (exact) mass is 244 g/mol. The summed E-state index contributed by atoms with van der Waals surface area (Å²) >= 11 is 0. The molecule has 1 aliphatic rings. The van der Waals surface area contributed by atoms with Crippen LogP contribution in [0.4, 0.5) is 0 Å². The molecule has 1 saturated heterocycles. The summed E-state index contributed by atoms with van der Waals surface area (Å²) in [5, 5.41) is 6.16. The van der Waals surface area contributed by atoms with E-state index in [1.165, 1.54) is 0 Å². The molecule has 1 amide bonds. The minimum atomic E-state index is -0.102. The van der Waals surface area contributed by atoms with Gasteiger partial charge in [0.2, 0.25) is 0 Å². The number of hydrogen-bond donors (Lipinski definition) is 2. The quantitative estimate of drug-likeness (QED) is 0.827.